The lowest BCUT2D eigenvalue weighted by molar-refractivity contribution is 0.418. The van der Waals surface area contributed by atoms with Crippen LogP contribution in [0.25, 0.3) is 22.1 Å². The summed E-state index contributed by atoms with van der Waals surface area (Å²) in [5.41, 5.74) is 1.57. The van der Waals surface area contributed by atoms with E-state index in [-0.39, 0.29) is 5.63 Å². The van der Waals surface area contributed by atoms with Crippen LogP contribution in [0.5, 0.6) is 5.75 Å². The Labute approximate surface area is 110 Å². The normalized spacial score (nSPS) is 10.6. The van der Waals surface area contributed by atoms with Crippen LogP contribution in [0.3, 0.4) is 0 Å². The molecule has 0 aliphatic rings. The van der Waals surface area contributed by atoms with Gasteiger partial charge in [-0.25, -0.2) is 4.79 Å². The van der Waals surface area contributed by atoms with Crippen molar-refractivity contribution in [1.29, 1.82) is 0 Å². The highest BCUT2D eigenvalue weighted by molar-refractivity contribution is 5.87. The molecule has 0 aliphatic heterocycles. The minimum absolute atomic E-state index is 0.341. The third-order valence-electron chi connectivity index (χ3n) is 3.04. The maximum absolute atomic E-state index is 12.0. The van der Waals surface area contributed by atoms with Gasteiger partial charge in [-0.1, -0.05) is 36.4 Å². The zero-order valence-corrected chi connectivity index (χ0v) is 10.4. The number of hydrogen-bond donors (Lipinski definition) is 0. The van der Waals surface area contributed by atoms with Crippen molar-refractivity contribution in [2.45, 2.75) is 0 Å². The Balaban J connectivity index is 2.32. The SMILES string of the molecule is COc1cccc2oc(=O)c(-c3ccccc3)cc12. The van der Waals surface area contributed by atoms with E-state index in [2.05, 4.69) is 0 Å². The Hall–Kier alpha value is -2.55. The largest absolute Gasteiger partial charge is 0.496 e. The fraction of sp³-hybridized carbons (Fsp3) is 0.0625. The smallest absolute Gasteiger partial charge is 0.344 e. The number of hydrogen-bond acceptors (Lipinski definition) is 3. The van der Waals surface area contributed by atoms with E-state index in [9.17, 15) is 4.79 Å². The number of ether oxygens (including phenoxy) is 1. The molecule has 3 rings (SSSR count). The summed E-state index contributed by atoms with van der Waals surface area (Å²) >= 11 is 0. The van der Waals surface area contributed by atoms with Crippen LogP contribution in [0.4, 0.5) is 0 Å². The molecule has 0 N–H and O–H groups in total. The number of methoxy groups -OCH3 is 1. The topological polar surface area (TPSA) is 39.4 Å². The predicted octanol–water partition coefficient (Wildman–Crippen LogP) is 3.47. The van der Waals surface area contributed by atoms with E-state index in [4.69, 9.17) is 9.15 Å². The van der Waals surface area contributed by atoms with Crippen LogP contribution >= 0.6 is 0 Å². The molecule has 1 aromatic heterocycles. The van der Waals surface area contributed by atoms with E-state index in [1.54, 1.807) is 19.2 Å². The van der Waals surface area contributed by atoms with Crippen LogP contribution in [-0.2, 0) is 0 Å². The molecule has 0 fully saturated rings. The van der Waals surface area contributed by atoms with Gasteiger partial charge in [0.1, 0.15) is 11.3 Å². The quantitative estimate of drug-likeness (QED) is 0.655. The fourth-order valence-corrected chi connectivity index (χ4v) is 2.11. The van der Waals surface area contributed by atoms with E-state index in [0.717, 1.165) is 10.9 Å². The number of benzene rings is 2. The summed E-state index contributed by atoms with van der Waals surface area (Å²) in [4.78, 5) is 12.0. The van der Waals surface area contributed by atoms with Crippen molar-refractivity contribution in [3.63, 3.8) is 0 Å². The molecule has 3 nitrogen and oxygen atoms in total. The first-order chi connectivity index (χ1) is 9.29. The zero-order valence-electron chi connectivity index (χ0n) is 10.4. The van der Waals surface area contributed by atoms with Crippen molar-refractivity contribution < 1.29 is 9.15 Å². The average Bonchev–Trinajstić information content (AvgIpc) is 2.46. The van der Waals surface area contributed by atoms with E-state index in [1.165, 1.54) is 0 Å². The molecular weight excluding hydrogens is 240 g/mol. The monoisotopic (exact) mass is 252 g/mol. The van der Waals surface area contributed by atoms with Gasteiger partial charge in [0.05, 0.1) is 18.1 Å². The second-order valence-corrected chi connectivity index (χ2v) is 4.19. The zero-order chi connectivity index (χ0) is 13.2. The molecule has 2 aromatic carbocycles. The van der Waals surface area contributed by atoms with Gasteiger partial charge in [0, 0.05) is 0 Å². The Bertz CT molecular complexity index is 773. The maximum atomic E-state index is 12.0. The second kappa shape index (κ2) is 4.61. The van der Waals surface area contributed by atoms with Crippen LogP contribution < -0.4 is 10.4 Å². The van der Waals surface area contributed by atoms with Gasteiger partial charge < -0.3 is 9.15 Å². The molecule has 0 amide bonds. The van der Waals surface area contributed by atoms with Gasteiger partial charge in [-0.3, -0.25) is 0 Å². The standard InChI is InChI=1S/C16H12O3/c1-18-14-8-5-9-15-13(14)10-12(16(17)19-15)11-6-3-2-4-7-11/h2-10H,1H3. The molecule has 94 valence electrons. The summed E-state index contributed by atoms with van der Waals surface area (Å²) in [6.07, 6.45) is 0. The summed E-state index contributed by atoms with van der Waals surface area (Å²) in [5, 5.41) is 0.795. The molecule has 1 heterocycles. The molecule has 0 spiro atoms. The van der Waals surface area contributed by atoms with E-state index >= 15 is 0 Å². The highest BCUT2D eigenvalue weighted by atomic mass is 16.5. The average molecular weight is 252 g/mol. The van der Waals surface area contributed by atoms with Gasteiger partial charge in [-0.05, 0) is 23.8 Å². The summed E-state index contributed by atoms with van der Waals surface area (Å²) in [7, 11) is 1.60. The molecular formula is C16H12O3. The third-order valence-corrected chi connectivity index (χ3v) is 3.04. The van der Waals surface area contributed by atoms with Gasteiger partial charge in [0.25, 0.3) is 0 Å². The summed E-state index contributed by atoms with van der Waals surface area (Å²) in [5.74, 6) is 0.693. The highest BCUT2D eigenvalue weighted by Crippen LogP contribution is 2.27. The number of fused-ring (bicyclic) bond motifs is 1. The van der Waals surface area contributed by atoms with Crippen molar-refractivity contribution in [3.05, 3.63) is 65.0 Å². The van der Waals surface area contributed by atoms with Gasteiger partial charge in [-0.15, -0.1) is 0 Å². The molecule has 0 bridgehead atoms. The van der Waals surface area contributed by atoms with Crippen LogP contribution in [0.1, 0.15) is 0 Å². The van der Waals surface area contributed by atoms with Crippen molar-refractivity contribution >= 4 is 11.0 Å². The molecule has 3 heteroatoms. The van der Waals surface area contributed by atoms with Crippen LogP contribution in [-0.4, -0.2) is 7.11 Å². The Morgan fingerprint density at radius 3 is 2.53 bits per heavy atom. The third kappa shape index (κ3) is 1.99. The van der Waals surface area contributed by atoms with Crippen LogP contribution in [0.15, 0.2) is 63.8 Å². The highest BCUT2D eigenvalue weighted by Gasteiger charge is 2.10. The van der Waals surface area contributed by atoms with E-state index < -0.39 is 0 Å². The van der Waals surface area contributed by atoms with Crippen molar-refractivity contribution in [2.75, 3.05) is 7.11 Å². The van der Waals surface area contributed by atoms with Crippen LogP contribution in [0.2, 0.25) is 0 Å². The molecule has 0 atom stereocenters. The minimum atomic E-state index is -0.341. The summed E-state index contributed by atoms with van der Waals surface area (Å²) < 4.78 is 10.7. The van der Waals surface area contributed by atoms with Crippen molar-refractivity contribution in [3.8, 4) is 16.9 Å². The molecule has 0 unspecified atom stereocenters. The maximum Gasteiger partial charge on any atom is 0.344 e. The minimum Gasteiger partial charge on any atom is -0.496 e. The molecule has 0 aliphatic carbocycles. The first-order valence-electron chi connectivity index (χ1n) is 5.96. The van der Waals surface area contributed by atoms with Gasteiger partial charge in [0.15, 0.2) is 0 Å². The molecule has 3 aromatic rings. The number of rotatable bonds is 2. The Morgan fingerprint density at radius 2 is 1.79 bits per heavy atom. The van der Waals surface area contributed by atoms with Gasteiger partial charge in [0.2, 0.25) is 0 Å². The first-order valence-corrected chi connectivity index (χ1v) is 5.96. The fourth-order valence-electron chi connectivity index (χ4n) is 2.11. The predicted molar refractivity (Wildman–Crippen MR) is 74.5 cm³/mol. The van der Waals surface area contributed by atoms with E-state index in [0.29, 0.717) is 16.9 Å². The lowest BCUT2D eigenvalue weighted by atomic mass is 10.1. The lowest BCUT2D eigenvalue weighted by Crippen LogP contribution is -2.02. The summed E-state index contributed by atoms with van der Waals surface area (Å²) in [6, 6.07) is 16.7. The first kappa shape index (κ1) is 11.5. The summed E-state index contributed by atoms with van der Waals surface area (Å²) in [6.45, 7) is 0. The van der Waals surface area contributed by atoms with Crippen LogP contribution in [0, 0.1) is 0 Å². The second-order valence-electron chi connectivity index (χ2n) is 4.19. The molecule has 0 radical (unpaired) electrons. The van der Waals surface area contributed by atoms with Gasteiger partial charge >= 0.3 is 5.63 Å². The Kier molecular flexibility index (Phi) is 2.80. The molecule has 0 saturated heterocycles. The molecule has 19 heavy (non-hydrogen) atoms. The van der Waals surface area contributed by atoms with E-state index in [1.807, 2.05) is 42.5 Å². The van der Waals surface area contributed by atoms with Crippen molar-refractivity contribution in [2.24, 2.45) is 0 Å². The van der Waals surface area contributed by atoms with Crippen molar-refractivity contribution in [1.82, 2.24) is 0 Å². The molecule has 0 saturated carbocycles. The Morgan fingerprint density at radius 1 is 1.00 bits per heavy atom. The van der Waals surface area contributed by atoms with Gasteiger partial charge in [-0.2, -0.15) is 0 Å². The lowest BCUT2D eigenvalue weighted by Gasteiger charge is -2.06.